The van der Waals surface area contributed by atoms with Crippen LogP contribution in [0.2, 0.25) is 0 Å². The average Bonchev–Trinajstić information content (AvgIpc) is 3.60. The molecule has 0 atom stereocenters. The van der Waals surface area contributed by atoms with Crippen LogP contribution in [0.3, 0.4) is 0 Å². The lowest BCUT2D eigenvalue weighted by Gasteiger charge is -2.18. The lowest BCUT2D eigenvalue weighted by molar-refractivity contribution is -0.113. The van der Waals surface area contributed by atoms with Gasteiger partial charge in [0.15, 0.2) is 32.9 Å². The van der Waals surface area contributed by atoms with Crippen LogP contribution >= 0.6 is 0 Å². The van der Waals surface area contributed by atoms with E-state index in [1.165, 1.54) is 49.5 Å². The molecular formula is C36H36N4O7S. The van der Waals surface area contributed by atoms with Crippen molar-refractivity contribution in [3.63, 3.8) is 0 Å². The van der Waals surface area contributed by atoms with Crippen LogP contribution in [-0.4, -0.2) is 74.5 Å². The van der Waals surface area contributed by atoms with Gasteiger partial charge in [-0.25, -0.2) is 18.4 Å². The summed E-state index contributed by atoms with van der Waals surface area (Å²) in [6.45, 7) is 3.99. The van der Waals surface area contributed by atoms with Crippen molar-refractivity contribution in [1.29, 1.82) is 0 Å². The first-order valence-corrected chi connectivity index (χ1v) is 17.6. The Balaban J connectivity index is 1.26. The van der Waals surface area contributed by atoms with Gasteiger partial charge in [0.1, 0.15) is 24.5 Å². The zero-order valence-corrected chi connectivity index (χ0v) is 27.6. The van der Waals surface area contributed by atoms with Gasteiger partial charge in [-0.05, 0) is 92.5 Å². The number of likely N-dealkylation sites (tertiary alicyclic amines) is 1. The van der Waals surface area contributed by atoms with Crippen molar-refractivity contribution >= 4 is 49.4 Å². The minimum absolute atomic E-state index is 0.154. The van der Waals surface area contributed by atoms with Crippen LogP contribution in [-0.2, 0) is 26.0 Å². The van der Waals surface area contributed by atoms with E-state index in [1.54, 1.807) is 37.4 Å². The molecule has 0 bridgehead atoms. The third kappa shape index (κ3) is 7.72. The third-order valence-corrected chi connectivity index (χ3v) is 9.37. The van der Waals surface area contributed by atoms with Crippen LogP contribution in [0.15, 0.2) is 84.0 Å². The van der Waals surface area contributed by atoms with E-state index in [0.717, 1.165) is 37.9 Å². The Hall–Kier alpha value is -5.07. The van der Waals surface area contributed by atoms with Gasteiger partial charge in [0.25, 0.3) is 0 Å². The van der Waals surface area contributed by atoms with Crippen LogP contribution in [0.4, 0.5) is 11.5 Å². The zero-order chi connectivity index (χ0) is 33.7. The number of rotatable bonds is 13. The van der Waals surface area contributed by atoms with Crippen molar-refractivity contribution < 1.29 is 32.2 Å². The molecule has 2 aliphatic rings. The first-order chi connectivity index (χ1) is 23.2. The highest BCUT2D eigenvalue weighted by Crippen LogP contribution is 2.37. The number of sulfone groups is 1. The van der Waals surface area contributed by atoms with Gasteiger partial charge >= 0.3 is 0 Å². The van der Waals surface area contributed by atoms with E-state index < -0.39 is 9.84 Å². The summed E-state index contributed by atoms with van der Waals surface area (Å²) in [7, 11) is -1.73. The fraction of sp³-hybridized carbons (Fsp3) is 0.278. The minimum atomic E-state index is -3.32. The topological polar surface area (TPSA) is 137 Å². The number of fused-ring (bicyclic) bond motifs is 1. The molecule has 6 rings (SSSR count). The number of nitrogens with one attached hydrogen (secondary N) is 1. The first kappa shape index (κ1) is 32.9. The Kier molecular flexibility index (Phi) is 9.83. The molecule has 0 amide bonds. The number of aromatic nitrogens is 2. The number of ether oxygens (including phenoxy) is 3. The van der Waals surface area contributed by atoms with Gasteiger partial charge in [-0.1, -0.05) is 12.1 Å². The van der Waals surface area contributed by atoms with Crippen LogP contribution in [0.25, 0.3) is 16.5 Å². The van der Waals surface area contributed by atoms with Crippen molar-refractivity contribution in [2.75, 3.05) is 44.9 Å². The summed E-state index contributed by atoms with van der Waals surface area (Å²) in [5.74, 6) is 1.40. The molecule has 1 aliphatic carbocycles. The maximum atomic E-state index is 13.0. The van der Waals surface area contributed by atoms with Gasteiger partial charge in [0.05, 0.1) is 24.1 Å². The standard InChI is InChI=1S/C36H36N4O7S/c1-45-34-20-30-32(21-35(34)46-17-5-16-40-14-3-4-15-40)37-23-38-36(30)39-31-12-9-26(19-28(31)29-18-25(41)8-13-33(29)42)47-22-24-6-10-27(11-7-24)48(2,43)44/h6-13,18-21,23H,3-5,14-17,22H2,1-2H3,(H,37,38,39). The number of allylic oxidation sites excluding steroid dienone is 4. The van der Waals surface area contributed by atoms with E-state index >= 15 is 0 Å². The molecule has 2 heterocycles. The highest BCUT2D eigenvalue weighted by molar-refractivity contribution is 7.90. The summed E-state index contributed by atoms with van der Waals surface area (Å²) >= 11 is 0. The molecule has 12 heteroatoms. The quantitative estimate of drug-likeness (QED) is 0.146. The second kappa shape index (κ2) is 14.4. The number of carbonyl (C=O) groups is 2. The Bertz CT molecular complexity index is 2020. The van der Waals surface area contributed by atoms with E-state index in [2.05, 4.69) is 20.2 Å². The van der Waals surface area contributed by atoms with Gasteiger partial charge in [0.2, 0.25) is 0 Å². The SMILES string of the molecule is COc1cc2c(Nc3ccc(OCc4ccc(S(C)(=O)=O)cc4)cc3C3=CC(=O)C=CC3=O)ncnc2cc1OCCCN1CCCC1. The largest absolute Gasteiger partial charge is 0.493 e. The number of hydrogen-bond donors (Lipinski definition) is 1. The summed E-state index contributed by atoms with van der Waals surface area (Å²) < 4.78 is 41.4. The first-order valence-electron chi connectivity index (χ1n) is 15.7. The van der Waals surface area contributed by atoms with Crippen molar-refractivity contribution in [3.8, 4) is 17.2 Å². The smallest absolute Gasteiger partial charge is 0.186 e. The maximum Gasteiger partial charge on any atom is 0.186 e. The van der Waals surface area contributed by atoms with Crippen LogP contribution in [0, 0.1) is 0 Å². The van der Waals surface area contributed by atoms with Crippen LogP contribution in [0.5, 0.6) is 17.2 Å². The molecule has 0 spiro atoms. The van der Waals surface area contributed by atoms with Gasteiger partial charge in [-0.15, -0.1) is 0 Å². The van der Waals surface area contributed by atoms with Gasteiger partial charge in [-0.2, -0.15) is 0 Å². The second-order valence-electron chi connectivity index (χ2n) is 11.7. The molecule has 11 nitrogen and oxygen atoms in total. The Morgan fingerprint density at radius 1 is 0.917 bits per heavy atom. The van der Waals surface area contributed by atoms with Gasteiger partial charge in [-0.3, -0.25) is 9.59 Å². The number of anilines is 2. The van der Waals surface area contributed by atoms with Crippen molar-refractivity contribution in [1.82, 2.24) is 14.9 Å². The van der Waals surface area contributed by atoms with E-state index in [0.29, 0.717) is 51.8 Å². The van der Waals surface area contributed by atoms with Crippen molar-refractivity contribution in [2.24, 2.45) is 0 Å². The Labute approximate surface area is 279 Å². The lowest BCUT2D eigenvalue weighted by Crippen LogP contribution is -2.21. The number of methoxy groups -OCH3 is 1. The number of hydrogen-bond acceptors (Lipinski definition) is 11. The van der Waals surface area contributed by atoms with E-state index in [1.807, 2.05) is 12.1 Å². The number of carbonyl (C=O) groups excluding carboxylic acids is 2. The molecule has 1 fully saturated rings. The fourth-order valence-corrected chi connectivity index (χ4v) is 6.33. The molecule has 1 aliphatic heterocycles. The van der Waals surface area contributed by atoms with E-state index in [-0.39, 0.29) is 28.6 Å². The third-order valence-electron chi connectivity index (χ3n) is 8.24. The molecule has 1 saturated heterocycles. The highest BCUT2D eigenvalue weighted by atomic mass is 32.2. The summed E-state index contributed by atoms with van der Waals surface area (Å²) in [5, 5.41) is 4.00. The Morgan fingerprint density at radius 3 is 2.46 bits per heavy atom. The fourth-order valence-electron chi connectivity index (χ4n) is 5.70. The molecule has 248 valence electrons. The maximum absolute atomic E-state index is 13.0. The zero-order valence-electron chi connectivity index (χ0n) is 26.8. The van der Waals surface area contributed by atoms with E-state index in [4.69, 9.17) is 14.2 Å². The van der Waals surface area contributed by atoms with E-state index in [9.17, 15) is 18.0 Å². The molecule has 1 N–H and O–H groups in total. The molecule has 0 radical (unpaired) electrons. The minimum Gasteiger partial charge on any atom is -0.493 e. The van der Waals surface area contributed by atoms with Crippen LogP contribution < -0.4 is 19.5 Å². The average molecular weight is 669 g/mol. The molecule has 1 aromatic heterocycles. The van der Waals surface area contributed by atoms with Gasteiger partial charge in [0, 0.05) is 41.1 Å². The number of benzene rings is 3. The molecule has 48 heavy (non-hydrogen) atoms. The monoisotopic (exact) mass is 668 g/mol. The number of ketones is 2. The Morgan fingerprint density at radius 2 is 1.71 bits per heavy atom. The summed E-state index contributed by atoms with van der Waals surface area (Å²) in [6.07, 6.45) is 9.78. The van der Waals surface area contributed by atoms with Gasteiger partial charge < -0.3 is 24.4 Å². The predicted octanol–water partition coefficient (Wildman–Crippen LogP) is 5.32. The molecule has 3 aromatic carbocycles. The van der Waals surface area contributed by atoms with Crippen molar-refractivity contribution in [2.45, 2.75) is 30.8 Å². The number of nitrogens with zero attached hydrogens (tertiary/aromatic N) is 3. The molecule has 0 unspecified atom stereocenters. The molecule has 4 aromatic rings. The van der Waals surface area contributed by atoms with Crippen molar-refractivity contribution in [3.05, 3.63) is 90.3 Å². The summed E-state index contributed by atoms with van der Waals surface area (Å²) in [5.41, 5.74) is 2.56. The highest BCUT2D eigenvalue weighted by Gasteiger charge is 2.21. The molecule has 0 saturated carbocycles. The second-order valence-corrected chi connectivity index (χ2v) is 13.7. The lowest BCUT2D eigenvalue weighted by atomic mass is 9.94. The molecular weight excluding hydrogens is 632 g/mol. The normalized spacial score (nSPS) is 15.1. The predicted molar refractivity (Wildman–Crippen MR) is 183 cm³/mol. The summed E-state index contributed by atoms with van der Waals surface area (Å²) in [4.78, 5) is 36.9. The summed E-state index contributed by atoms with van der Waals surface area (Å²) in [6, 6.07) is 15.2. The van der Waals surface area contributed by atoms with Crippen LogP contribution in [0.1, 0.15) is 30.4 Å².